The van der Waals surface area contributed by atoms with Crippen LogP contribution >= 0.6 is 0 Å². The van der Waals surface area contributed by atoms with Gasteiger partial charge in [0.15, 0.2) is 0 Å². The summed E-state index contributed by atoms with van der Waals surface area (Å²) in [6.07, 6.45) is 5.71. The number of benzene rings is 1. The highest BCUT2D eigenvalue weighted by Crippen LogP contribution is 2.15. The number of nitrogens with one attached hydrogen (secondary N) is 2. The van der Waals surface area contributed by atoms with Gasteiger partial charge in [-0.1, -0.05) is 12.1 Å². The Morgan fingerprint density at radius 2 is 2.24 bits per heavy atom. The van der Waals surface area contributed by atoms with Crippen molar-refractivity contribution >= 4 is 18.0 Å². The fourth-order valence-corrected chi connectivity index (χ4v) is 1.89. The first-order valence-electron chi connectivity index (χ1n) is 6.34. The molecule has 0 aliphatic carbocycles. The first kappa shape index (κ1) is 14.5. The van der Waals surface area contributed by atoms with E-state index in [0.29, 0.717) is 17.7 Å². The lowest BCUT2D eigenvalue weighted by atomic mass is 10.0. The Labute approximate surface area is 121 Å². The van der Waals surface area contributed by atoms with Crippen LogP contribution in [-0.4, -0.2) is 27.0 Å². The predicted molar refractivity (Wildman–Crippen MR) is 77.6 cm³/mol. The number of rotatable bonds is 5. The molecule has 0 saturated heterocycles. The monoisotopic (exact) mass is 285 g/mol. The summed E-state index contributed by atoms with van der Waals surface area (Å²) in [5.41, 5.74) is 2.76. The third kappa shape index (κ3) is 3.79. The van der Waals surface area contributed by atoms with Crippen LogP contribution in [0.5, 0.6) is 0 Å². The van der Waals surface area contributed by atoms with Crippen LogP contribution in [0.15, 0.2) is 36.8 Å². The van der Waals surface area contributed by atoms with Gasteiger partial charge in [-0.25, -0.2) is 9.78 Å². The van der Waals surface area contributed by atoms with Crippen molar-refractivity contribution in [2.75, 3.05) is 0 Å². The maximum absolute atomic E-state index is 12.2. The highest BCUT2D eigenvalue weighted by molar-refractivity contribution is 5.96. The first-order chi connectivity index (χ1) is 10.1. The van der Waals surface area contributed by atoms with Gasteiger partial charge < -0.3 is 15.4 Å². The molecule has 0 atom stereocenters. The number of carbonyl (C=O) groups is 2. The first-order valence-corrected chi connectivity index (χ1v) is 6.34. The number of aromatic nitrogens is 2. The minimum atomic E-state index is -1.02. The van der Waals surface area contributed by atoms with Crippen LogP contribution in [-0.2, 0) is 11.3 Å². The maximum atomic E-state index is 12.2. The maximum Gasteiger partial charge on any atom is 0.328 e. The molecule has 2 aromatic rings. The third-order valence-corrected chi connectivity index (χ3v) is 3.02. The number of imidazole rings is 1. The van der Waals surface area contributed by atoms with Crippen LogP contribution in [0.3, 0.4) is 0 Å². The molecule has 2 rings (SSSR count). The Kier molecular flexibility index (Phi) is 4.50. The van der Waals surface area contributed by atoms with E-state index in [-0.39, 0.29) is 5.91 Å². The SMILES string of the molecule is Cc1c(C=CC(=O)O)cccc1C(=O)NCc1cnc[nH]1. The van der Waals surface area contributed by atoms with Crippen LogP contribution in [0.4, 0.5) is 0 Å². The number of carbonyl (C=O) groups excluding carboxylic acids is 1. The van der Waals surface area contributed by atoms with E-state index in [9.17, 15) is 9.59 Å². The van der Waals surface area contributed by atoms with Gasteiger partial charge in [0.25, 0.3) is 5.91 Å². The molecule has 0 saturated carbocycles. The van der Waals surface area contributed by atoms with Gasteiger partial charge in [0, 0.05) is 17.8 Å². The summed E-state index contributed by atoms with van der Waals surface area (Å²) in [5.74, 6) is -1.24. The van der Waals surface area contributed by atoms with Gasteiger partial charge in [-0.3, -0.25) is 4.79 Å². The van der Waals surface area contributed by atoms with Gasteiger partial charge >= 0.3 is 5.97 Å². The molecular weight excluding hydrogens is 270 g/mol. The summed E-state index contributed by atoms with van der Waals surface area (Å²) >= 11 is 0. The number of amides is 1. The molecule has 0 aliphatic heterocycles. The number of aliphatic carboxylic acids is 1. The quantitative estimate of drug-likeness (QED) is 0.729. The number of nitrogens with zero attached hydrogens (tertiary/aromatic N) is 1. The molecule has 3 N–H and O–H groups in total. The number of H-pyrrole nitrogens is 1. The summed E-state index contributed by atoms with van der Waals surface area (Å²) in [7, 11) is 0. The van der Waals surface area contributed by atoms with Gasteiger partial charge in [0.2, 0.25) is 0 Å². The minimum absolute atomic E-state index is 0.215. The summed E-state index contributed by atoms with van der Waals surface area (Å²) < 4.78 is 0. The summed E-state index contributed by atoms with van der Waals surface area (Å²) in [4.78, 5) is 29.5. The van der Waals surface area contributed by atoms with E-state index in [0.717, 1.165) is 17.3 Å². The second kappa shape index (κ2) is 6.51. The fraction of sp³-hybridized carbons (Fsp3) is 0.133. The second-order valence-corrected chi connectivity index (χ2v) is 4.45. The Bertz CT molecular complexity index is 675. The fourth-order valence-electron chi connectivity index (χ4n) is 1.89. The van der Waals surface area contributed by atoms with Crippen LogP contribution in [0, 0.1) is 6.92 Å². The third-order valence-electron chi connectivity index (χ3n) is 3.02. The van der Waals surface area contributed by atoms with Gasteiger partial charge in [-0.2, -0.15) is 0 Å². The van der Waals surface area contributed by atoms with Crippen LogP contribution < -0.4 is 5.32 Å². The number of hydrogen-bond acceptors (Lipinski definition) is 3. The summed E-state index contributed by atoms with van der Waals surface area (Å²) in [5, 5.41) is 11.4. The van der Waals surface area contributed by atoms with Crippen molar-refractivity contribution in [3.63, 3.8) is 0 Å². The average molecular weight is 285 g/mol. The predicted octanol–water partition coefficient (Wildman–Crippen LogP) is 1.75. The molecule has 0 aliphatic rings. The molecule has 6 heteroatoms. The zero-order valence-electron chi connectivity index (χ0n) is 11.5. The number of carboxylic acids is 1. The molecule has 0 bridgehead atoms. The van der Waals surface area contributed by atoms with E-state index in [1.807, 2.05) is 0 Å². The van der Waals surface area contributed by atoms with E-state index >= 15 is 0 Å². The Morgan fingerprint density at radius 1 is 1.43 bits per heavy atom. The largest absolute Gasteiger partial charge is 0.478 e. The van der Waals surface area contributed by atoms with E-state index in [4.69, 9.17) is 5.11 Å². The Hall–Kier alpha value is -2.89. The topological polar surface area (TPSA) is 95.1 Å². The van der Waals surface area contributed by atoms with Crippen molar-refractivity contribution in [1.29, 1.82) is 0 Å². The molecule has 0 fully saturated rings. The van der Waals surface area contributed by atoms with Crippen molar-refractivity contribution in [3.8, 4) is 0 Å². The molecule has 0 unspecified atom stereocenters. The Morgan fingerprint density at radius 3 is 2.90 bits per heavy atom. The molecule has 1 amide bonds. The lowest BCUT2D eigenvalue weighted by Crippen LogP contribution is -2.24. The second-order valence-electron chi connectivity index (χ2n) is 4.45. The molecule has 108 valence electrons. The van der Waals surface area contributed by atoms with Crippen molar-refractivity contribution in [3.05, 3.63) is 59.2 Å². The molecule has 1 aromatic carbocycles. The minimum Gasteiger partial charge on any atom is -0.478 e. The lowest BCUT2D eigenvalue weighted by molar-refractivity contribution is -0.131. The highest BCUT2D eigenvalue weighted by Gasteiger charge is 2.10. The zero-order chi connectivity index (χ0) is 15.2. The number of aromatic amines is 1. The molecular formula is C15H15N3O3. The van der Waals surface area contributed by atoms with Crippen molar-refractivity contribution in [1.82, 2.24) is 15.3 Å². The number of carboxylic acid groups (broad SMARTS) is 1. The average Bonchev–Trinajstić information content (AvgIpc) is 2.97. The lowest BCUT2D eigenvalue weighted by Gasteiger charge is -2.09. The summed E-state index contributed by atoms with van der Waals surface area (Å²) in [6.45, 7) is 2.14. The highest BCUT2D eigenvalue weighted by atomic mass is 16.4. The zero-order valence-corrected chi connectivity index (χ0v) is 11.5. The van der Waals surface area contributed by atoms with Crippen LogP contribution in [0.25, 0.3) is 6.08 Å². The van der Waals surface area contributed by atoms with Gasteiger partial charge in [-0.15, -0.1) is 0 Å². The molecule has 0 radical (unpaired) electrons. The summed E-state index contributed by atoms with van der Waals surface area (Å²) in [6, 6.07) is 5.19. The number of hydrogen-bond donors (Lipinski definition) is 3. The van der Waals surface area contributed by atoms with E-state index in [1.165, 1.54) is 6.08 Å². The molecule has 21 heavy (non-hydrogen) atoms. The van der Waals surface area contributed by atoms with Gasteiger partial charge in [0.05, 0.1) is 18.6 Å². The van der Waals surface area contributed by atoms with Gasteiger partial charge in [0.1, 0.15) is 0 Å². The molecule has 1 aromatic heterocycles. The molecule has 0 spiro atoms. The van der Waals surface area contributed by atoms with E-state index in [2.05, 4.69) is 15.3 Å². The molecule has 1 heterocycles. The van der Waals surface area contributed by atoms with E-state index in [1.54, 1.807) is 37.6 Å². The normalized spacial score (nSPS) is 10.7. The van der Waals surface area contributed by atoms with E-state index < -0.39 is 5.97 Å². The Balaban J connectivity index is 2.13. The van der Waals surface area contributed by atoms with Crippen molar-refractivity contribution in [2.45, 2.75) is 13.5 Å². The van der Waals surface area contributed by atoms with Crippen LogP contribution in [0.2, 0.25) is 0 Å². The van der Waals surface area contributed by atoms with Crippen molar-refractivity contribution < 1.29 is 14.7 Å². The molecule has 6 nitrogen and oxygen atoms in total. The smallest absolute Gasteiger partial charge is 0.328 e. The van der Waals surface area contributed by atoms with Crippen molar-refractivity contribution in [2.24, 2.45) is 0 Å². The van der Waals surface area contributed by atoms with Crippen LogP contribution in [0.1, 0.15) is 27.2 Å². The van der Waals surface area contributed by atoms with Gasteiger partial charge in [-0.05, 0) is 30.2 Å². The standard InChI is InChI=1S/C15H15N3O3/c1-10-11(5-6-14(19)20)3-2-4-13(10)15(21)17-8-12-7-16-9-18-12/h2-7,9H,8H2,1H3,(H,16,18)(H,17,21)(H,19,20).